The van der Waals surface area contributed by atoms with E-state index >= 15 is 0 Å². The van der Waals surface area contributed by atoms with Crippen LogP contribution in [0.3, 0.4) is 0 Å². The van der Waals surface area contributed by atoms with Gasteiger partial charge < -0.3 is 8.92 Å². The van der Waals surface area contributed by atoms with E-state index in [0.29, 0.717) is 5.56 Å². The van der Waals surface area contributed by atoms with Crippen LogP contribution in [0.1, 0.15) is 11.1 Å². The second-order valence-electron chi connectivity index (χ2n) is 7.53. The minimum absolute atomic E-state index is 0.00311. The molecule has 1 heterocycles. The third kappa shape index (κ3) is 5.68. The number of amides is 2. The van der Waals surface area contributed by atoms with Crippen molar-refractivity contribution in [1.29, 1.82) is 0 Å². The third-order valence-electron chi connectivity index (χ3n) is 5.18. The molecule has 37 heavy (non-hydrogen) atoms. The van der Waals surface area contributed by atoms with E-state index < -0.39 is 36.8 Å². The fraction of sp³-hybridized carbons (Fsp3) is 0.0833. The van der Waals surface area contributed by atoms with E-state index in [1.165, 1.54) is 43.5 Å². The highest BCUT2D eigenvalue weighted by Gasteiger charge is 2.35. The lowest BCUT2D eigenvalue weighted by molar-refractivity contribution is -0.387. The maximum atomic E-state index is 12.9. The maximum absolute atomic E-state index is 12.9. The number of hydrogen-bond donors (Lipinski definition) is 0. The van der Waals surface area contributed by atoms with Crippen molar-refractivity contribution in [3.63, 3.8) is 0 Å². The fourth-order valence-corrected chi connectivity index (χ4v) is 5.77. The van der Waals surface area contributed by atoms with Crippen LogP contribution in [0.15, 0.2) is 81.0 Å². The summed E-state index contributed by atoms with van der Waals surface area (Å²) in [5.41, 5.74) is 0.587. The van der Waals surface area contributed by atoms with Crippen molar-refractivity contribution in [3.05, 3.63) is 97.3 Å². The number of nitro groups is 1. The average Bonchev–Trinajstić information content (AvgIpc) is 3.13. The number of imide groups is 1. The van der Waals surface area contributed by atoms with Crippen molar-refractivity contribution in [2.75, 3.05) is 7.11 Å². The van der Waals surface area contributed by atoms with Gasteiger partial charge in [0, 0.05) is 10.5 Å². The summed E-state index contributed by atoms with van der Waals surface area (Å²) < 4.78 is 36.7. The number of carbonyl (C=O) groups is 2. The second-order valence-corrected chi connectivity index (χ2v) is 10.9. The zero-order chi connectivity index (χ0) is 26.7. The number of ether oxygens (including phenoxy) is 1. The zero-order valence-corrected chi connectivity index (χ0v) is 22.2. The monoisotopic (exact) mass is 604 g/mol. The van der Waals surface area contributed by atoms with Crippen molar-refractivity contribution < 1.29 is 31.9 Å². The molecule has 10 nitrogen and oxygen atoms in total. The first-order valence-electron chi connectivity index (χ1n) is 10.5. The Labute approximate surface area is 224 Å². The molecule has 0 spiro atoms. The number of methoxy groups -OCH3 is 1. The second kappa shape index (κ2) is 10.7. The molecular formula is C24H17BrN2O8S2. The maximum Gasteiger partial charge on any atom is 0.346 e. The van der Waals surface area contributed by atoms with Gasteiger partial charge in [-0.25, -0.2) is 0 Å². The molecule has 1 aliphatic rings. The molecule has 0 saturated carbocycles. The van der Waals surface area contributed by atoms with Crippen molar-refractivity contribution in [3.8, 4) is 11.5 Å². The van der Waals surface area contributed by atoms with Crippen LogP contribution in [0, 0.1) is 10.1 Å². The number of nitrogens with zero attached hydrogens (tertiary/aromatic N) is 2. The number of nitro benzene ring substituents is 1. The van der Waals surface area contributed by atoms with Gasteiger partial charge in [0.05, 0.1) is 23.5 Å². The van der Waals surface area contributed by atoms with Crippen LogP contribution in [0.4, 0.5) is 10.5 Å². The standard InChI is InChI=1S/C24H17BrN2O8S2/c1-34-20-12-15(10-11-19(20)35-37(32,33)22-9-5-4-8-18(22)27(30)31)13-21-23(28)26(24(29)36-21)14-16-6-2-3-7-17(16)25/h2-13H,14H2,1H3/b21-13-. The molecule has 3 aromatic rings. The summed E-state index contributed by atoms with van der Waals surface area (Å²) in [6.45, 7) is 0.100. The van der Waals surface area contributed by atoms with Crippen molar-refractivity contribution in [1.82, 2.24) is 4.90 Å². The lowest BCUT2D eigenvalue weighted by atomic mass is 10.1. The largest absolute Gasteiger partial charge is 0.493 e. The minimum Gasteiger partial charge on any atom is -0.493 e. The van der Waals surface area contributed by atoms with E-state index in [1.54, 1.807) is 12.1 Å². The number of benzene rings is 3. The van der Waals surface area contributed by atoms with Crippen LogP contribution in [0.5, 0.6) is 11.5 Å². The fourth-order valence-electron chi connectivity index (χ4n) is 3.41. The Bertz CT molecular complexity index is 1560. The Balaban J connectivity index is 1.58. The van der Waals surface area contributed by atoms with Crippen LogP contribution >= 0.6 is 27.7 Å². The minimum atomic E-state index is -4.56. The van der Waals surface area contributed by atoms with Crippen LogP contribution in [-0.4, -0.2) is 36.5 Å². The summed E-state index contributed by atoms with van der Waals surface area (Å²) >= 11 is 4.19. The van der Waals surface area contributed by atoms with E-state index in [2.05, 4.69) is 15.9 Å². The van der Waals surface area contributed by atoms with Crippen LogP contribution in [-0.2, 0) is 21.5 Å². The van der Waals surface area contributed by atoms with Crippen molar-refractivity contribution in [2.24, 2.45) is 0 Å². The number of rotatable bonds is 8. The van der Waals surface area contributed by atoms with Gasteiger partial charge in [-0.2, -0.15) is 8.42 Å². The molecule has 190 valence electrons. The lowest BCUT2D eigenvalue weighted by Crippen LogP contribution is -2.27. The number of carbonyl (C=O) groups excluding carboxylic acids is 2. The molecule has 1 fully saturated rings. The molecule has 2 amide bonds. The van der Waals surface area contributed by atoms with Gasteiger partial charge in [0.15, 0.2) is 16.4 Å². The van der Waals surface area contributed by atoms with Gasteiger partial charge in [0.1, 0.15) is 0 Å². The predicted octanol–water partition coefficient (Wildman–Crippen LogP) is 5.37. The molecule has 4 rings (SSSR count). The van der Waals surface area contributed by atoms with Gasteiger partial charge in [0.25, 0.3) is 16.8 Å². The molecule has 13 heteroatoms. The highest BCUT2D eigenvalue weighted by Crippen LogP contribution is 2.37. The Hall–Kier alpha value is -3.68. The summed E-state index contributed by atoms with van der Waals surface area (Å²) in [6.07, 6.45) is 1.48. The van der Waals surface area contributed by atoms with E-state index in [9.17, 15) is 28.1 Å². The van der Waals surface area contributed by atoms with Crippen LogP contribution in [0.2, 0.25) is 0 Å². The Morgan fingerprint density at radius 3 is 2.46 bits per heavy atom. The van der Waals surface area contributed by atoms with Crippen molar-refractivity contribution in [2.45, 2.75) is 11.4 Å². The number of hydrogen-bond acceptors (Lipinski definition) is 9. The average molecular weight is 605 g/mol. The quantitative estimate of drug-likeness (QED) is 0.144. The molecule has 0 aromatic heterocycles. The summed E-state index contributed by atoms with van der Waals surface area (Å²) in [4.78, 5) is 36.5. The van der Waals surface area contributed by atoms with E-state index in [0.717, 1.165) is 38.8 Å². The molecule has 0 atom stereocenters. The SMILES string of the molecule is COc1cc(/C=C2\SC(=O)N(Cc3ccccc3Br)C2=O)ccc1OS(=O)(=O)c1ccccc1[N+](=O)[O-]. The van der Waals surface area contributed by atoms with Crippen LogP contribution < -0.4 is 8.92 Å². The summed E-state index contributed by atoms with van der Waals surface area (Å²) in [5, 5.41) is 10.8. The molecular weight excluding hydrogens is 588 g/mol. The predicted molar refractivity (Wildman–Crippen MR) is 140 cm³/mol. The topological polar surface area (TPSA) is 133 Å². The zero-order valence-electron chi connectivity index (χ0n) is 19.0. The Morgan fingerprint density at radius 1 is 1.05 bits per heavy atom. The molecule has 1 saturated heterocycles. The number of para-hydroxylation sites is 1. The lowest BCUT2D eigenvalue weighted by Gasteiger charge is -2.13. The smallest absolute Gasteiger partial charge is 0.346 e. The molecule has 0 aliphatic carbocycles. The van der Waals surface area contributed by atoms with Gasteiger partial charge in [-0.1, -0.05) is 52.3 Å². The van der Waals surface area contributed by atoms with E-state index in [1.807, 2.05) is 12.1 Å². The summed E-state index contributed by atoms with van der Waals surface area (Å²) in [5.74, 6) is -0.674. The van der Waals surface area contributed by atoms with Crippen LogP contribution in [0.25, 0.3) is 6.08 Å². The van der Waals surface area contributed by atoms with Gasteiger partial charge >= 0.3 is 10.1 Å². The third-order valence-corrected chi connectivity index (χ3v) is 8.14. The first-order chi connectivity index (χ1) is 17.6. The number of thioether (sulfide) groups is 1. The highest BCUT2D eigenvalue weighted by molar-refractivity contribution is 9.10. The van der Waals surface area contributed by atoms with E-state index in [-0.39, 0.29) is 22.9 Å². The normalized spacial score (nSPS) is 14.8. The highest BCUT2D eigenvalue weighted by atomic mass is 79.9. The Kier molecular flexibility index (Phi) is 7.66. The molecule has 3 aromatic carbocycles. The molecule has 0 N–H and O–H groups in total. The van der Waals surface area contributed by atoms with Gasteiger partial charge in [-0.05, 0) is 53.2 Å². The van der Waals surface area contributed by atoms with Gasteiger partial charge in [0.2, 0.25) is 0 Å². The van der Waals surface area contributed by atoms with Gasteiger partial charge in [-0.3, -0.25) is 24.6 Å². The molecule has 1 aliphatic heterocycles. The van der Waals surface area contributed by atoms with Gasteiger partial charge in [-0.15, -0.1) is 0 Å². The molecule has 0 radical (unpaired) electrons. The summed E-state index contributed by atoms with van der Waals surface area (Å²) in [7, 11) is -3.28. The first-order valence-corrected chi connectivity index (χ1v) is 13.5. The van der Waals surface area contributed by atoms with E-state index in [4.69, 9.17) is 8.92 Å². The molecule has 0 unspecified atom stereocenters. The Morgan fingerprint density at radius 2 is 1.76 bits per heavy atom. The van der Waals surface area contributed by atoms with Crippen molar-refractivity contribution >= 4 is 60.7 Å². The number of halogens is 1. The first kappa shape index (κ1) is 26.4. The molecule has 0 bridgehead atoms. The summed E-state index contributed by atoms with van der Waals surface area (Å²) in [6, 6.07) is 16.2.